The molecule has 0 unspecified atom stereocenters. The van der Waals surface area contributed by atoms with E-state index in [0.29, 0.717) is 17.7 Å². The molecule has 1 heterocycles. The maximum atomic E-state index is 5.37. The van der Waals surface area contributed by atoms with Gasteiger partial charge in [0.25, 0.3) is 5.22 Å². The zero-order valence-electron chi connectivity index (χ0n) is 8.69. The Labute approximate surface area is 88.7 Å². The summed E-state index contributed by atoms with van der Waals surface area (Å²) in [5.41, 5.74) is 5.37. The summed E-state index contributed by atoms with van der Waals surface area (Å²) < 4.78 is 5.29. The average Bonchev–Trinajstić information content (AvgIpc) is 2.67. The van der Waals surface area contributed by atoms with E-state index in [1.807, 2.05) is 0 Å². The molecule has 5 heteroatoms. The Bertz CT molecular complexity index is 260. The number of nitrogens with zero attached hydrogens (tertiary/aromatic N) is 2. The van der Waals surface area contributed by atoms with E-state index in [0.717, 1.165) is 11.7 Å². The van der Waals surface area contributed by atoms with Crippen LogP contribution in [-0.2, 0) is 6.54 Å². The monoisotopic (exact) mass is 215 g/mol. The molecule has 0 saturated carbocycles. The maximum Gasteiger partial charge on any atom is 0.276 e. The molecule has 1 rings (SSSR count). The quantitative estimate of drug-likeness (QED) is 0.736. The van der Waals surface area contributed by atoms with Crippen molar-refractivity contribution in [1.82, 2.24) is 10.2 Å². The Morgan fingerprint density at radius 2 is 2.07 bits per heavy atom. The molecule has 0 radical (unpaired) electrons. The van der Waals surface area contributed by atoms with Crippen LogP contribution in [0.1, 0.15) is 32.6 Å². The molecule has 1 aromatic heterocycles. The number of nitrogens with two attached hydrogens (primary N) is 1. The first kappa shape index (κ1) is 11.5. The van der Waals surface area contributed by atoms with E-state index in [2.05, 4.69) is 24.0 Å². The molecule has 0 aromatic carbocycles. The highest BCUT2D eigenvalue weighted by Gasteiger charge is 2.08. The molecule has 0 aliphatic carbocycles. The van der Waals surface area contributed by atoms with Crippen LogP contribution in [0.2, 0.25) is 0 Å². The van der Waals surface area contributed by atoms with Gasteiger partial charge < -0.3 is 10.2 Å². The number of hydrogen-bond donors (Lipinski definition) is 1. The zero-order chi connectivity index (χ0) is 10.4. The van der Waals surface area contributed by atoms with Gasteiger partial charge in [-0.1, -0.05) is 38.5 Å². The molecule has 0 atom stereocenters. The van der Waals surface area contributed by atoms with Gasteiger partial charge in [-0.15, -0.1) is 10.2 Å². The largest absolute Gasteiger partial charge is 0.415 e. The van der Waals surface area contributed by atoms with Crippen LogP contribution in [0, 0.1) is 5.92 Å². The fourth-order valence-electron chi connectivity index (χ4n) is 1.09. The van der Waals surface area contributed by atoms with E-state index >= 15 is 0 Å². The summed E-state index contributed by atoms with van der Waals surface area (Å²) in [7, 11) is 0. The molecule has 80 valence electrons. The minimum Gasteiger partial charge on any atom is -0.415 e. The van der Waals surface area contributed by atoms with Crippen molar-refractivity contribution < 1.29 is 4.42 Å². The first-order valence-corrected chi connectivity index (χ1v) is 5.93. The van der Waals surface area contributed by atoms with Gasteiger partial charge in [0.05, 0.1) is 6.54 Å². The van der Waals surface area contributed by atoms with Crippen molar-refractivity contribution in [2.45, 2.75) is 38.5 Å². The molecule has 0 fully saturated rings. The van der Waals surface area contributed by atoms with Crippen LogP contribution < -0.4 is 5.73 Å². The summed E-state index contributed by atoms with van der Waals surface area (Å²) in [5.74, 6) is 2.28. The Hall–Kier alpha value is -0.550. The second-order valence-electron chi connectivity index (χ2n) is 3.16. The molecule has 0 saturated heterocycles. The average molecular weight is 215 g/mol. The van der Waals surface area contributed by atoms with Crippen molar-refractivity contribution in [3.8, 4) is 0 Å². The SMILES string of the molecule is CCC(CC)CSc1nnc(CN)o1. The van der Waals surface area contributed by atoms with E-state index in [-0.39, 0.29) is 0 Å². The number of rotatable bonds is 6. The standard InChI is InChI=1S/C9H17N3OS/c1-3-7(4-2)6-14-9-12-11-8(5-10)13-9/h7H,3-6,10H2,1-2H3. The van der Waals surface area contributed by atoms with Crippen LogP contribution in [0.25, 0.3) is 0 Å². The van der Waals surface area contributed by atoms with Crippen LogP contribution in [-0.4, -0.2) is 16.0 Å². The number of aromatic nitrogens is 2. The molecule has 0 spiro atoms. The third-order valence-electron chi connectivity index (χ3n) is 2.22. The summed E-state index contributed by atoms with van der Waals surface area (Å²) in [6.45, 7) is 4.72. The van der Waals surface area contributed by atoms with Crippen LogP contribution in [0.3, 0.4) is 0 Å². The highest BCUT2D eigenvalue weighted by Crippen LogP contribution is 2.22. The molecule has 0 amide bonds. The van der Waals surface area contributed by atoms with Gasteiger partial charge in [0.2, 0.25) is 5.89 Å². The van der Waals surface area contributed by atoms with Gasteiger partial charge in [-0.3, -0.25) is 0 Å². The Morgan fingerprint density at radius 3 is 2.57 bits per heavy atom. The third-order valence-corrected chi connectivity index (χ3v) is 3.27. The van der Waals surface area contributed by atoms with Crippen LogP contribution >= 0.6 is 11.8 Å². The Balaban J connectivity index is 2.37. The van der Waals surface area contributed by atoms with Crippen molar-refractivity contribution in [3.05, 3.63) is 5.89 Å². The second kappa shape index (κ2) is 6.03. The smallest absolute Gasteiger partial charge is 0.276 e. The van der Waals surface area contributed by atoms with Gasteiger partial charge in [-0.05, 0) is 5.92 Å². The molecular weight excluding hydrogens is 198 g/mol. The predicted molar refractivity (Wildman–Crippen MR) is 57.0 cm³/mol. The zero-order valence-corrected chi connectivity index (χ0v) is 9.51. The highest BCUT2D eigenvalue weighted by molar-refractivity contribution is 7.99. The number of hydrogen-bond acceptors (Lipinski definition) is 5. The van der Waals surface area contributed by atoms with E-state index in [9.17, 15) is 0 Å². The first-order valence-electron chi connectivity index (χ1n) is 4.95. The molecule has 1 aromatic rings. The highest BCUT2D eigenvalue weighted by atomic mass is 32.2. The summed E-state index contributed by atoms with van der Waals surface area (Å²) in [6.07, 6.45) is 2.39. The second-order valence-corrected chi connectivity index (χ2v) is 4.13. The summed E-state index contributed by atoms with van der Waals surface area (Å²) in [5, 5.41) is 8.33. The van der Waals surface area contributed by atoms with E-state index in [1.54, 1.807) is 11.8 Å². The minimum atomic E-state index is 0.318. The molecule has 4 nitrogen and oxygen atoms in total. The fourth-order valence-corrected chi connectivity index (χ4v) is 2.20. The van der Waals surface area contributed by atoms with E-state index in [1.165, 1.54) is 12.8 Å². The normalized spacial score (nSPS) is 11.1. The molecule has 14 heavy (non-hydrogen) atoms. The summed E-state index contributed by atoms with van der Waals surface area (Å²) in [6, 6.07) is 0. The first-order chi connectivity index (χ1) is 6.80. The van der Waals surface area contributed by atoms with Gasteiger partial charge in [0.15, 0.2) is 0 Å². The fraction of sp³-hybridized carbons (Fsp3) is 0.778. The van der Waals surface area contributed by atoms with Gasteiger partial charge >= 0.3 is 0 Å². The van der Waals surface area contributed by atoms with E-state index < -0.39 is 0 Å². The van der Waals surface area contributed by atoms with Crippen LogP contribution in [0.15, 0.2) is 9.64 Å². The topological polar surface area (TPSA) is 64.9 Å². The lowest BCUT2D eigenvalue weighted by Gasteiger charge is -2.08. The molecule has 0 aliphatic heterocycles. The predicted octanol–water partition coefficient (Wildman–Crippen LogP) is 2.06. The number of thioether (sulfide) groups is 1. The van der Waals surface area contributed by atoms with Crippen molar-refractivity contribution in [2.24, 2.45) is 11.7 Å². The van der Waals surface area contributed by atoms with Gasteiger partial charge in [-0.25, -0.2) is 0 Å². The van der Waals surface area contributed by atoms with Gasteiger partial charge in [0, 0.05) is 5.75 Å². The van der Waals surface area contributed by atoms with E-state index in [4.69, 9.17) is 10.2 Å². The Morgan fingerprint density at radius 1 is 1.36 bits per heavy atom. The summed E-state index contributed by atoms with van der Waals surface area (Å²) in [4.78, 5) is 0. The lowest BCUT2D eigenvalue weighted by Crippen LogP contribution is -1.99. The van der Waals surface area contributed by atoms with Crippen molar-refractivity contribution in [3.63, 3.8) is 0 Å². The molecular formula is C9H17N3OS. The molecule has 2 N–H and O–H groups in total. The lowest BCUT2D eigenvalue weighted by molar-refractivity contribution is 0.413. The summed E-state index contributed by atoms with van der Waals surface area (Å²) >= 11 is 1.62. The van der Waals surface area contributed by atoms with Gasteiger partial charge in [-0.2, -0.15) is 0 Å². The van der Waals surface area contributed by atoms with Crippen LogP contribution in [0.4, 0.5) is 0 Å². The van der Waals surface area contributed by atoms with Crippen molar-refractivity contribution in [1.29, 1.82) is 0 Å². The van der Waals surface area contributed by atoms with Crippen molar-refractivity contribution >= 4 is 11.8 Å². The maximum absolute atomic E-state index is 5.37. The molecule has 0 aliphatic rings. The van der Waals surface area contributed by atoms with Gasteiger partial charge in [0.1, 0.15) is 0 Å². The third kappa shape index (κ3) is 3.31. The Kier molecular flexibility index (Phi) is 4.97. The molecule has 0 bridgehead atoms. The van der Waals surface area contributed by atoms with Crippen LogP contribution in [0.5, 0.6) is 0 Å². The van der Waals surface area contributed by atoms with Crippen molar-refractivity contribution in [2.75, 3.05) is 5.75 Å². The lowest BCUT2D eigenvalue weighted by atomic mass is 10.1. The minimum absolute atomic E-state index is 0.318.